The molecule has 16 heteroatoms. The summed E-state index contributed by atoms with van der Waals surface area (Å²) in [4.78, 5) is 59.7. The van der Waals surface area contributed by atoms with Gasteiger partial charge in [-0.1, -0.05) is 24.3 Å². The molecule has 0 bridgehead atoms. The Kier molecular flexibility index (Phi) is 13.5. The van der Waals surface area contributed by atoms with Gasteiger partial charge in [0.25, 0.3) is 5.91 Å². The topological polar surface area (TPSA) is 250 Å². The number of carboxylic acids is 4. The minimum absolute atomic E-state index is 0.127. The number of likely N-dealkylation sites (tertiary alicyclic amines) is 1. The summed E-state index contributed by atoms with van der Waals surface area (Å²) in [5.74, 6) is -7.51. The number of para-hydroxylation sites is 1. The summed E-state index contributed by atoms with van der Waals surface area (Å²) >= 11 is 0. The van der Waals surface area contributed by atoms with Crippen LogP contribution in [0.25, 0.3) is 11.0 Å². The van der Waals surface area contributed by atoms with Gasteiger partial charge in [0.2, 0.25) is 0 Å². The van der Waals surface area contributed by atoms with E-state index >= 15 is 0 Å². The lowest BCUT2D eigenvalue weighted by Gasteiger charge is -2.32. The molecule has 1 aliphatic rings. The summed E-state index contributed by atoms with van der Waals surface area (Å²) in [6, 6.07) is 15.7. The summed E-state index contributed by atoms with van der Waals surface area (Å²) in [5, 5.41) is 38.7. The number of carbonyl (C=O) groups is 5. The van der Waals surface area contributed by atoms with Crippen LogP contribution in [0.2, 0.25) is 0 Å². The van der Waals surface area contributed by atoms with Crippen molar-refractivity contribution in [2.45, 2.75) is 25.8 Å². The third kappa shape index (κ3) is 11.2. The molecule has 0 aliphatic carbocycles. The Labute approximate surface area is 273 Å². The van der Waals surface area contributed by atoms with Gasteiger partial charge in [0.15, 0.2) is 0 Å². The molecule has 1 fully saturated rings. The van der Waals surface area contributed by atoms with Gasteiger partial charge in [0, 0.05) is 37.9 Å². The lowest BCUT2D eigenvalue weighted by atomic mass is 9.93. The second-order valence-electron chi connectivity index (χ2n) is 10.6. The molecule has 1 amide bonds. The standard InChI is InChI=1S/C28H31FN6O.2C2H2O4/c29-22-7-5-21(6-8-22)19-35-26-18-31-12-9-25(26)33-27(35)17-20-10-14-34(15-11-20)16-13-32-28(36)23-3-1-2-4-24(23)30;2*3-1(4)2(5)6/h1-9,12,18,20H,10-11,13-17,19,30H2,(H,32,36);2*(H,3,4)(H,5,6)/p-4. The molecule has 2 aromatic carbocycles. The van der Waals surface area contributed by atoms with Crippen molar-refractivity contribution in [3.8, 4) is 0 Å². The number of amides is 1. The van der Waals surface area contributed by atoms with E-state index in [0.717, 1.165) is 61.3 Å². The van der Waals surface area contributed by atoms with Crippen LogP contribution in [0, 0.1) is 11.7 Å². The Hall–Kier alpha value is -5.90. The first-order valence-electron chi connectivity index (χ1n) is 14.6. The zero-order chi connectivity index (χ0) is 35.2. The normalized spacial score (nSPS) is 12.9. The van der Waals surface area contributed by atoms with Crippen molar-refractivity contribution in [2.75, 3.05) is 31.9 Å². The number of pyridine rings is 1. The second kappa shape index (κ2) is 17.7. The van der Waals surface area contributed by atoms with Gasteiger partial charge in [-0.05, 0) is 67.7 Å². The van der Waals surface area contributed by atoms with Crippen molar-refractivity contribution < 1.29 is 48.8 Å². The third-order valence-electron chi connectivity index (χ3n) is 7.31. The molecule has 0 saturated carbocycles. The highest BCUT2D eigenvalue weighted by Crippen LogP contribution is 2.25. The van der Waals surface area contributed by atoms with E-state index in [1.54, 1.807) is 18.3 Å². The molecular formula is C32H31FN6O9-4. The number of nitrogens with zero attached hydrogens (tertiary/aromatic N) is 4. The minimum atomic E-state index is -2.19. The summed E-state index contributed by atoms with van der Waals surface area (Å²) in [6.07, 6.45) is 6.68. The van der Waals surface area contributed by atoms with E-state index < -0.39 is 23.9 Å². The molecule has 0 radical (unpaired) electrons. The summed E-state index contributed by atoms with van der Waals surface area (Å²) in [7, 11) is 0. The smallest absolute Gasteiger partial charge is 0.253 e. The van der Waals surface area contributed by atoms with Gasteiger partial charge in [-0.25, -0.2) is 9.37 Å². The van der Waals surface area contributed by atoms with Gasteiger partial charge < -0.3 is 60.1 Å². The molecule has 3 N–H and O–H groups in total. The van der Waals surface area contributed by atoms with Crippen molar-refractivity contribution in [1.82, 2.24) is 24.8 Å². The van der Waals surface area contributed by atoms with Gasteiger partial charge in [-0.15, -0.1) is 0 Å². The molecule has 0 unspecified atom stereocenters. The molecule has 1 saturated heterocycles. The van der Waals surface area contributed by atoms with Crippen molar-refractivity contribution in [1.29, 1.82) is 0 Å². The number of nitrogen functional groups attached to an aromatic ring is 1. The third-order valence-corrected chi connectivity index (χ3v) is 7.31. The maximum atomic E-state index is 13.4. The van der Waals surface area contributed by atoms with Crippen LogP contribution in [0.15, 0.2) is 67.0 Å². The Balaban J connectivity index is 0.000000446. The first-order chi connectivity index (χ1) is 22.8. The van der Waals surface area contributed by atoms with Crippen LogP contribution >= 0.6 is 0 Å². The number of aliphatic carboxylic acids is 4. The van der Waals surface area contributed by atoms with E-state index in [0.29, 0.717) is 30.3 Å². The van der Waals surface area contributed by atoms with Gasteiger partial charge in [0.1, 0.15) is 11.6 Å². The number of imidazole rings is 1. The molecular weight excluding hydrogens is 631 g/mol. The fourth-order valence-corrected chi connectivity index (χ4v) is 4.92. The first-order valence-corrected chi connectivity index (χ1v) is 14.6. The number of aromatic nitrogens is 3. The molecule has 0 spiro atoms. The van der Waals surface area contributed by atoms with E-state index in [2.05, 4.69) is 19.8 Å². The van der Waals surface area contributed by atoms with Gasteiger partial charge >= 0.3 is 0 Å². The number of piperidine rings is 1. The number of rotatable bonds is 8. The number of fused-ring (bicyclic) bond motifs is 1. The number of anilines is 1. The van der Waals surface area contributed by atoms with Crippen molar-refractivity contribution in [3.63, 3.8) is 0 Å². The molecule has 1 aliphatic heterocycles. The predicted molar refractivity (Wildman–Crippen MR) is 159 cm³/mol. The fraction of sp³-hybridized carbons (Fsp3) is 0.281. The molecule has 254 valence electrons. The van der Waals surface area contributed by atoms with Crippen LogP contribution in [-0.2, 0) is 32.1 Å². The highest BCUT2D eigenvalue weighted by atomic mass is 19.1. The SMILES string of the molecule is Nc1ccccc1C(=O)NCCN1CCC(Cc2nc3ccncc3n2Cc2ccc(F)cc2)CC1.O=C([O-])C(=O)[O-].O=C([O-])C(=O)[O-]. The highest BCUT2D eigenvalue weighted by molar-refractivity contribution is 6.25. The number of carboxylic acid groups (broad SMARTS) is 4. The Bertz CT molecular complexity index is 1690. The second-order valence-corrected chi connectivity index (χ2v) is 10.6. The van der Waals surface area contributed by atoms with Crippen molar-refractivity contribution in [2.24, 2.45) is 5.92 Å². The highest BCUT2D eigenvalue weighted by Gasteiger charge is 2.22. The van der Waals surface area contributed by atoms with Crippen LogP contribution in [0.5, 0.6) is 0 Å². The van der Waals surface area contributed by atoms with Crippen molar-refractivity contribution in [3.05, 3.63) is 89.8 Å². The average molecular weight is 663 g/mol. The molecule has 3 heterocycles. The van der Waals surface area contributed by atoms with E-state index in [1.165, 1.54) is 12.1 Å². The quantitative estimate of drug-likeness (QED) is 0.140. The van der Waals surface area contributed by atoms with Crippen LogP contribution in [0.3, 0.4) is 0 Å². The summed E-state index contributed by atoms with van der Waals surface area (Å²) < 4.78 is 15.6. The maximum Gasteiger partial charge on any atom is 0.253 e. The number of nitrogens with two attached hydrogens (primary N) is 1. The van der Waals surface area contributed by atoms with Crippen LogP contribution in [0.1, 0.15) is 34.6 Å². The largest absolute Gasteiger partial charge is 0.543 e. The number of nitrogens with one attached hydrogen (secondary N) is 1. The predicted octanol–water partition coefficient (Wildman–Crippen LogP) is -3.14. The van der Waals surface area contributed by atoms with E-state index in [9.17, 15) is 9.18 Å². The molecule has 15 nitrogen and oxygen atoms in total. The van der Waals surface area contributed by atoms with Gasteiger partial charge in [0.05, 0.1) is 46.7 Å². The molecule has 48 heavy (non-hydrogen) atoms. The van der Waals surface area contributed by atoms with Crippen LogP contribution in [-0.4, -0.2) is 75.4 Å². The Morgan fingerprint density at radius 3 is 2.06 bits per heavy atom. The molecule has 2 aromatic heterocycles. The van der Waals surface area contributed by atoms with Crippen molar-refractivity contribution >= 4 is 46.5 Å². The summed E-state index contributed by atoms with van der Waals surface area (Å²) in [5.41, 5.74) is 9.90. The van der Waals surface area contributed by atoms with E-state index in [-0.39, 0.29) is 11.7 Å². The van der Waals surface area contributed by atoms with E-state index in [1.807, 2.05) is 36.5 Å². The number of halogens is 1. The maximum absolute atomic E-state index is 13.4. The molecule has 0 atom stereocenters. The number of hydrogen-bond donors (Lipinski definition) is 2. The fourth-order valence-electron chi connectivity index (χ4n) is 4.92. The molecule has 4 aromatic rings. The number of hydrogen-bond acceptors (Lipinski definition) is 13. The minimum Gasteiger partial charge on any atom is -0.543 e. The Morgan fingerprint density at radius 1 is 0.875 bits per heavy atom. The zero-order valence-corrected chi connectivity index (χ0v) is 25.5. The van der Waals surface area contributed by atoms with Crippen LogP contribution in [0.4, 0.5) is 10.1 Å². The first kappa shape index (κ1) is 36.6. The number of benzene rings is 2. The monoisotopic (exact) mass is 662 g/mol. The molecule has 5 rings (SSSR count). The summed E-state index contributed by atoms with van der Waals surface area (Å²) in [6.45, 7) is 4.04. The van der Waals surface area contributed by atoms with Gasteiger partial charge in [-0.2, -0.15) is 0 Å². The lowest BCUT2D eigenvalue weighted by molar-refractivity contribution is -0.345. The lowest BCUT2D eigenvalue weighted by Crippen LogP contribution is -2.42. The zero-order valence-electron chi connectivity index (χ0n) is 25.5. The van der Waals surface area contributed by atoms with E-state index in [4.69, 9.17) is 50.3 Å². The Morgan fingerprint density at radius 2 is 1.48 bits per heavy atom. The van der Waals surface area contributed by atoms with Crippen LogP contribution < -0.4 is 31.5 Å². The van der Waals surface area contributed by atoms with Gasteiger partial charge in [-0.3, -0.25) is 9.78 Å². The average Bonchev–Trinajstić information content (AvgIpc) is 3.40. The number of carbonyl (C=O) groups excluding carboxylic acids is 5.